The lowest BCUT2D eigenvalue weighted by molar-refractivity contribution is 0.444. The first kappa shape index (κ1) is 14.6. The molecule has 2 aromatic carbocycles. The fourth-order valence-electron chi connectivity index (χ4n) is 3.45. The highest BCUT2D eigenvalue weighted by molar-refractivity contribution is 5.85. The van der Waals surface area contributed by atoms with Crippen LogP contribution in [0.25, 0.3) is 10.8 Å². The molecule has 0 heterocycles. The van der Waals surface area contributed by atoms with Crippen LogP contribution >= 0.6 is 0 Å². The summed E-state index contributed by atoms with van der Waals surface area (Å²) < 4.78 is 14.5. The zero-order valence-corrected chi connectivity index (χ0v) is 13.4. The van der Waals surface area contributed by atoms with Gasteiger partial charge >= 0.3 is 0 Å². The van der Waals surface area contributed by atoms with Gasteiger partial charge in [-0.15, -0.1) is 0 Å². The molecule has 0 nitrogen and oxygen atoms in total. The van der Waals surface area contributed by atoms with Crippen LogP contribution in [0.15, 0.2) is 30.3 Å². The van der Waals surface area contributed by atoms with Crippen LogP contribution in [0.5, 0.6) is 0 Å². The first-order chi connectivity index (χ1) is 9.95. The average molecular weight is 284 g/mol. The van der Waals surface area contributed by atoms with Gasteiger partial charge in [-0.05, 0) is 52.8 Å². The Morgan fingerprint density at radius 2 is 1.67 bits per heavy atom. The second kappa shape index (κ2) is 5.44. The molecule has 0 aliphatic heterocycles. The largest absolute Gasteiger partial charge is 0.206 e. The second-order valence-corrected chi connectivity index (χ2v) is 7.52. The minimum Gasteiger partial charge on any atom is -0.206 e. The molecule has 0 bridgehead atoms. The summed E-state index contributed by atoms with van der Waals surface area (Å²) in [4.78, 5) is 0. The monoisotopic (exact) mass is 284 g/mol. The Bertz CT molecular complexity index is 643. The Hall–Kier alpha value is -1.37. The molecule has 1 aliphatic carbocycles. The SMILES string of the molecule is CC(C)(C)c1cc(F)c2cc(C3CCCCC3)ccc2c1. The van der Waals surface area contributed by atoms with Crippen LogP contribution in [0.3, 0.4) is 0 Å². The molecule has 1 fully saturated rings. The molecule has 2 aromatic rings. The summed E-state index contributed by atoms with van der Waals surface area (Å²) in [5, 5.41) is 1.81. The van der Waals surface area contributed by atoms with E-state index < -0.39 is 0 Å². The van der Waals surface area contributed by atoms with Gasteiger partial charge in [-0.1, -0.05) is 58.2 Å². The van der Waals surface area contributed by atoms with Gasteiger partial charge in [0, 0.05) is 5.39 Å². The topological polar surface area (TPSA) is 0 Å². The van der Waals surface area contributed by atoms with Gasteiger partial charge in [0.1, 0.15) is 5.82 Å². The van der Waals surface area contributed by atoms with Gasteiger partial charge in [0.2, 0.25) is 0 Å². The van der Waals surface area contributed by atoms with Gasteiger partial charge in [-0.2, -0.15) is 0 Å². The Kier molecular flexibility index (Phi) is 3.77. The summed E-state index contributed by atoms with van der Waals surface area (Å²) in [5.74, 6) is 0.555. The molecule has 0 unspecified atom stereocenters. The average Bonchev–Trinajstić information content (AvgIpc) is 2.47. The molecular formula is C20H25F. The van der Waals surface area contributed by atoms with Gasteiger partial charge in [0.15, 0.2) is 0 Å². The fourth-order valence-corrected chi connectivity index (χ4v) is 3.45. The standard InChI is InChI=1S/C20H25F/c1-20(2,3)17-11-16-10-9-15(12-18(16)19(21)13-17)14-7-5-4-6-8-14/h9-14H,4-8H2,1-3H3. The van der Waals surface area contributed by atoms with Crippen LogP contribution in [-0.4, -0.2) is 0 Å². The number of hydrogen-bond acceptors (Lipinski definition) is 0. The van der Waals surface area contributed by atoms with E-state index in [-0.39, 0.29) is 11.2 Å². The molecule has 0 amide bonds. The van der Waals surface area contributed by atoms with E-state index in [2.05, 4.69) is 45.0 Å². The molecular weight excluding hydrogens is 259 g/mol. The van der Waals surface area contributed by atoms with Gasteiger partial charge < -0.3 is 0 Å². The zero-order chi connectivity index (χ0) is 15.0. The molecule has 0 spiro atoms. The van der Waals surface area contributed by atoms with Gasteiger partial charge in [0.05, 0.1) is 0 Å². The zero-order valence-electron chi connectivity index (χ0n) is 13.4. The van der Waals surface area contributed by atoms with Crippen molar-refractivity contribution in [3.05, 3.63) is 47.3 Å². The second-order valence-electron chi connectivity index (χ2n) is 7.52. The maximum atomic E-state index is 14.5. The van der Waals surface area contributed by atoms with Crippen LogP contribution in [0, 0.1) is 5.82 Å². The number of benzene rings is 2. The minimum atomic E-state index is -0.0740. The molecule has 0 aromatic heterocycles. The van der Waals surface area contributed by atoms with E-state index in [1.807, 2.05) is 0 Å². The number of halogens is 1. The van der Waals surface area contributed by atoms with Crippen molar-refractivity contribution in [1.29, 1.82) is 0 Å². The molecule has 1 aliphatic rings. The quantitative estimate of drug-likeness (QED) is 0.574. The molecule has 1 saturated carbocycles. The van der Waals surface area contributed by atoms with Crippen LogP contribution < -0.4 is 0 Å². The Morgan fingerprint density at radius 1 is 0.952 bits per heavy atom. The Balaban J connectivity index is 2.04. The number of rotatable bonds is 1. The molecule has 1 heteroatoms. The molecule has 112 valence electrons. The number of fused-ring (bicyclic) bond motifs is 1. The molecule has 0 atom stereocenters. The van der Waals surface area contributed by atoms with Crippen molar-refractivity contribution in [3.8, 4) is 0 Å². The molecule has 0 radical (unpaired) electrons. The minimum absolute atomic E-state index is 0.0168. The smallest absolute Gasteiger partial charge is 0.131 e. The predicted octanol–water partition coefficient (Wildman–Crippen LogP) is 6.32. The van der Waals surface area contributed by atoms with E-state index >= 15 is 0 Å². The van der Waals surface area contributed by atoms with Crippen LogP contribution in [-0.2, 0) is 5.41 Å². The van der Waals surface area contributed by atoms with Crippen molar-refractivity contribution in [2.75, 3.05) is 0 Å². The highest BCUT2D eigenvalue weighted by Crippen LogP contribution is 2.35. The third-order valence-corrected chi connectivity index (χ3v) is 4.87. The normalized spacial score (nSPS) is 17.3. The lowest BCUT2D eigenvalue weighted by Crippen LogP contribution is -2.11. The first-order valence-corrected chi connectivity index (χ1v) is 8.19. The summed E-state index contributed by atoms with van der Waals surface area (Å²) in [6.07, 6.45) is 6.50. The van der Waals surface area contributed by atoms with Gasteiger partial charge in [-0.25, -0.2) is 4.39 Å². The maximum Gasteiger partial charge on any atom is 0.131 e. The van der Waals surface area contributed by atoms with E-state index in [4.69, 9.17) is 0 Å². The van der Waals surface area contributed by atoms with Crippen molar-refractivity contribution in [1.82, 2.24) is 0 Å². The third kappa shape index (κ3) is 2.97. The summed E-state index contributed by atoms with van der Waals surface area (Å²) in [5.41, 5.74) is 2.37. The van der Waals surface area contributed by atoms with E-state index in [9.17, 15) is 4.39 Å². The maximum absolute atomic E-state index is 14.5. The van der Waals surface area contributed by atoms with Crippen molar-refractivity contribution in [2.24, 2.45) is 0 Å². The van der Waals surface area contributed by atoms with Crippen molar-refractivity contribution in [3.63, 3.8) is 0 Å². The lowest BCUT2D eigenvalue weighted by atomic mass is 9.82. The first-order valence-electron chi connectivity index (χ1n) is 8.19. The van der Waals surface area contributed by atoms with Crippen molar-refractivity contribution < 1.29 is 4.39 Å². The highest BCUT2D eigenvalue weighted by Gasteiger charge is 2.19. The highest BCUT2D eigenvalue weighted by atomic mass is 19.1. The molecule has 21 heavy (non-hydrogen) atoms. The van der Waals surface area contributed by atoms with Gasteiger partial charge in [0.25, 0.3) is 0 Å². The van der Waals surface area contributed by atoms with Crippen LogP contribution in [0.2, 0.25) is 0 Å². The van der Waals surface area contributed by atoms with Crippen LogP contribution in [0.4, 0.5) is 4.39 Å². The molecule has 0 N–H and O–H groups in total. The fraction of sp³-hybridized carbons (Fsp3) is 0.500. The molecule has 0 saturated heterocycles. The lowest BCUT2D eigenvalue weighted by Gasteiger charge is -2.23. The Labute approximate surface area is 127 Å². The summed E-state index contributed by atoms with van der Waals surface area (Å²) in [6, 6.07) is 10.3. The van der Waals surface area contributed by atoms with Crippen molar-refractivity contribution in [2.45, 2.75) is 64.2 Å². The summed E-state index contributed by atoms with van der Waals surface area (Å²) in [6.45, 7) is 6.39. The Morgan fingerprint density at radius 3 is 2.33 bits per heavy atom. The summed E-state index contributed by atoms with van der Waals surface area (Å²) in [7, 11) is 0. The van der Waals surface area contributed by atoms with E-state index in [0.29, 0.717) is 5.92 Å². The van der Waals surface area contributed by atoms with E-state index in [0.717, 1.165) is 16.3 Å². The number of hydrogen-bond donors (Lipinski definition) is 0. The molecule has 3 rings (SSSR count). The third-order valence-electron chi connectivity index (χ3n) is 4.87. The van der Waals surface area contributed by atoms with E-state index in [1.165, 1.54) is 37.7 Å². The van der Waals surface area contributed by atoms with Gasteiger partial charge in [-0.3, -0.25) is 0 Å². The summed E-state index contributed by atoms with van der Waals surface area (Å²) >= 11 is 0. The van der Waals surface area contributed by atoms with Crippen molar-refractivity contribution >= 4 is 10.8 Å². The predicted molar refractivity (Wildman–Crippen MR) is 88.4 cm³/mol. The van der Waals surface area contributed by atoms with E-state index in [1.54, 1.807) is 6.07 Å². The van der Waals surface area contributed by atoms with Crippen LogP contribution in [0.1, 0.15) is 69.9 Å².